The van der Waals surface area contributed by atoms with Gasteiger partial charge in [-0.05, 0) is 30.9 Å². The molecule has 1 aromatic carbocycles. The molecule has 0 heterocycles. The highest BCUT2D eigenvalue weighted by Crippen LogP contribution is 2.38. The van der Waals surface area contributed by atoms with Crippen LogP contribution in [0, 0.1) is 5.92 Å². The van der Waals surface area contributed by atoms with Crippen molar-refractivity contribution in [2.75, 3.05) is 14.2 Å². The maximum atomic E-state index is 12.5. The van der Waals surface area contributed by atoms with Crippen molar-refractivity contribution in [3.05, 3.63) is 24.3 Å². The fourth-order valence-electron chi connectivity index (χ4n) is 1.89. The molecule has 0 aromatic heterocycles. The van der Waals surface area contributed by atoms with Gasteiger partial charge < -0.3 is 9.47 Å². The van der Waals surface area contributed by atoms with E-state index < -0.39 is 22.0 Å². The highest BCUT2D eigenvalue weighted by atomic mass is 32.2. The van der Waals surface area contributed by atoms with E-state index >= 15 is 0 Å². The van der Waals surface area contributed by atoms with Crippen LogP contribution in [-0.2, 0) is 20.3 Å². The van der Waals surface area contributed by atoms with Gasteiger partial charge in [0.1, 0.15) is 11.0 Å². The molecule has 4 nitrogen and oxygen atoms in total. The summed E-state index contributed by atoms with van der Waals surface area (Å²) in [6, 6.07) is 7.07. The zero-order valence-corrected chi connectivity index (χ0v) is 11.2. The molecule has 5 heteroatoms. The fraction of sp³-hybridized carbons (Fsp3) is 0.462. The highest BCUT2D eigenvalue weighted by Gasteiger charge is 2.42. The molecule has 98 valence electrons. The van der Waals surface area contributed by atoms with E-state index in [0.717, 1.165) is 12.8 Å². The minimum Gasteiger partial charge on any atom is -0.495 e. The lowest BCUT2D eigenvalue weighted by Crippen LogP contribution is -2.29. The third-order valence-electron chi connectivity index (χ3n) is 3.00. The van der Waals surface area contributed by atoms with Crippen LogP contribution < -0.4 is 4.74 Å². The van der Waals surface area contributed by atoms with E-state index in [1.54, 1.807) is 18.2 Å². The van der Waals surface area contributed by atoms with Crippen molar-refractivity contribution >= 4 is 16.8 Å². The minimum atomic E-state index is -1.43. The predicted molar refractivity (Wildman–Crippen MR) is 67.9 cm³/mol. The van der Waals surface area contributed by atoms with Crippen LogP contribution in [0.2, 0.25) is 0 Å². The van der Waals surface area contributed by atoms with Gasteiger partial charge in [-0.1, -0.05) is 12.1 Å². The predicted octanol–water partition coefficient (Wildman–Crippen LogP) is 1.75. The van der Waals surface area contributed by atoms with Crippen molar-refractivity contribution in [1.82, 2.24) is 0 Å². The number of carbonyl (C=O) groups excluding carboxylic acids is 1. The molecule has 2 unspecified atom stereocenters. The van der Waals surface area contributed by atoms with Crippen molar-refractivity contribution in [1.29, 1.82) is 0 Å². The van der Waals surface area contributed by atoms with Crippen LogP contribution in [0.3, 0.4) is 0 Å². The van der Waals surface area contributed by atoms with Gasteiger partial charge in [0.05, 0.1) is 29.9 Å². The smallest absolute Gasteiger partial charge is 0.322 e. The monoisotopic (exact) mass is 268 g/mol. The van der Waals surface area contributed by atoms with Gasteiger partial charge in [0.15, 0.2) is 0 Å². The molecule has 0 bridgehead atoms. The number of hydrogen-bond acceptors (Lipinski definition) is 4. The van der Waals surface area contributed by atoms with Crippen molar-refractivity contribution < 1.29 is 18.5 Å². The number of para-hydroxylation sites is 1. The fourth-order valence-corrected chi connectivity index (χ4v) is 3.62. The van der Waals surface area contributed by atoms with Gasteiger partial charge in [0, 0.05) is 0 Å². The molecule has 1 aromatic rings. The lowest BCUT2D eigenvalue weighted by Gasteiger charge is -2.15. The second kappa shape index (κ2) is 5.52. The number of carbonyl (C=O) groups is 1. The number of hydrogen-bond donors (Lipinski definition) is 0. The first-order valence-electron chi connectivity index (χ1n) is 5.80. The topological polar surface area (TPSA) is 52.6 Å². The zero-order chi connectivity index (χ0) is 13.1. The van der Waals surface area contributed by atoms with Crippen LogP contribution in [0.4, 0.5) is 0 Å². The number of esters is 1. The van der Waals surface area contributed by atoms with Gasteiger partial charge in [-0.15, -0.1) is 0 Å². The molecule has 1 fully saturated rings. The number of rotatable bonds is 5. The maximum Gasteiger partial charge on any atom is 0.322 e. The quantitative estimate of drug-likeness (QED) is 0.763. The van der Waals surface area contributed by atoms with Gasteiger partial charge in [-0.3, -0.25) is 9.00 Å². The van der Waals surface area contributed by atoms with Gasteiger partial charge in [-0.25, -0.2) is 0 Å². The molecule has 0 spiro atoms. The summed E-state index contributed by atoms with van der Waals surface area (Å²) < 4.78 is 22.5. The van der Waals surface area contributed by atoms with E-state index in [0.29, 0.717) is 10.6 Å². The number of benzene rings is 1. The van der Waals surface area contributed by atoms with Crippen molar-refractivity contribution in [2.45, 2.75) is 23.0 Å². The summed E-state index contributed by atoms with van der Waals surface area (Å²) >= 11 is 0. The summed E-state index contributed by atoms with van der Waals surface area (Å²) in [5.41, 5.74) is 0. The molecule has 0 saturated heterocycles. The van der Waals surface area contributed by atoms with Crippen LogP contribution >= 0.6 is 0 Å². The molecule has 1 saturated carbocycles. The minimum absolute atomic E-state index is 0.170. The average Bonchev–Trinajstić information content (AvgIpc) is 3.23. The molecule has 0 amide bonds. The second-order valence-electron chi connectivity index (χ2n) is 4.23. The molecule has 1 aliphatic rings. The Morgan fingerprint density at radius 1 is 1.33 bits per heavy atom. The maximum absolute atomic E-state index is 12.5. The standard InChI is InChI=1S/C13H16O4S/c1-16-10-5-3-4-6-11(10)18(15)12(9-7-8-9)13(14)17-2/h3-6,9,12H,7-8H2,1-2H3. The van der Waals surface area contributed by atoms with E-state index in [1.807, 2.05) is 6.07 Å². The van der Waals surface area contributed by atoms with E-state index in [-0.39, 0.29) is 5.92 Å². The molecule has 0 aliphatic heterocycles. The van der Waals surface area contributed by atoms with E-state index in [1.165, 1.54) is 14.2 Å². The first-order chi connectivity index (χ1) is 8.69. The summed E-state index contributed by atoms with van der Waals surface area (Å²) in [7, 11) is 1.43. The van der Waals surface area contributed by atoms with Crippen molar-refractivity contribution in [3.8, 4) is 5.75 Å². The molecule has 2 atom stereocenters. The molecule has 0 N–H and O–H groups in total. The molecule has 1 aliphatic carbocycles. The van der Waals surface area contributed by atoms with E-state index in [9.17, 15) is 9.00 Å². The molecular weight excluding hydrogens is 252 g/mol. The summed E-state index contributed by atoms with van der Waals surface area (Å²) in [5, 5.41) is -0.578. The second-order valence-corrected chi connectivity index (χ2v) is 5.77. The average molecular weight is 268 g/mol. The van der Waals surface area contributed by atoms with Gasteiger partial charge in [0.2, 0.25) is 0 Å². The summed E-state index contributed by atoms with van der Waals surface area (Å²) in [4.78, 5) is 12.3. The number of methoxy groups -OCH3 is 2. The molecular formula is C13H16O4S. The van der Waals surface area contributed by atoms with Crippen LogP contribution in [0.5, 0.6) is 5.75 Å². The Labute approximate surface area is 109 Å². The van der Waals surface area contributed by atoms with Gasteiger partial charge >= 0.3 is 5.97 Å². The Kier molecular flexibility index (Phi) is 4.01. The Morgan fingerprint density at radius 2 is 2.00 bits per heavy atom. The van der Waals surface area contributed by atoms with Gasteiger partial charge in [0.25, 0.3) is 0 Å². The first kappa shape index (κ1) is 13.1. The van der Waals surface area contributed by atoms with E-state index in [4.69, 9.17) is 9.47 Å². The van der Waals surface area contributed by atoms with E-state index in [2.05, 4.69) is 0 Å². The summed E-state index contributed by atoms with van der Waals surface area (Å²) in [6.07, 6.45) is 1.86. The largest absolute Gasteiger partial charge is 0.495 e. The number of ether oxygens (including phenoxy) is 2. The van der Waals surface area contributed by atoms with Crippen LogP contribution in [0.25, 0.3) is 0 Å². The van der Waals surface area contributed by atoms with Gasteiger partial charge in [-0.2, -0.15) is 0 Å². The molecule has 0 radical (unpaired) electrons. The van der Waals surface area contributed by atoms with Crippen LogP contribution in [0.15, 0.2) is 29.2 Å². The summed E-state index contributed by atoms with van der Waals surface area (Å²) in [5.74, 6) is 0.315. The third-order valence-corrected chi connectivity index (χ3v) is 4.81. The molecule has 18 heavy (non-hydrogen) atoms. The van der Waals surface area contributed by atoms with Crippen LogP contribution in [-0.4, -0.2) is 29.6 Å². The SMILES string of the molecule is COC(=O)C(C1CC1)S(=O)c1ccccc1OC. The normalized spacial score (nSPS) is 17.9. The zero-order valence-electron chi connectivity index (χ0n) is 10.4. The Balaban J connectivity index is 2.30. The lowest BCUT2D eigenvalue weighted by atomic mass is 10.3. The van der Waals surface area contributed by atoms with Crippen LogP contribution in [0.1, 0.15) is 12.8 Å². The Bertz CT molecular complexity index is 468. The van der Waals surface area contributed by atoms with Crippen molar-refractivity contribution in [2.24, 2.45) is 5.92 Å². The first-order valence-corrected chi connectivity index (χ1v) is 7.01. The lowest BCUT2D eigenvalue weighted by molar-refractivity contribution is -0.140. The highest BCUT2D eigenvalue weighted by molar-refractivity contribution is 7.86. The third kappa shape index (κ3) is 2.56. The molecule has 2 rings (SSSR count). The Hall–Kier alpha value is -1.36. The Morgan fingerprint density at radius 3 is 2.56 bits per heavy atom. The van der Waals surface area contributed by atoms with Crippen molar-refractivity contribution in [3.63, 3.8) is 0 Å². The summed E-state index contributed by atoms with van der Waals surface area (Å²) in [6.45, 7) is 0.